The molecule has 182 valence electrons. The van der Waals surface area contributed by atoms with Crippen molar-refractivity contribution in [3.8, 4) is 5.75 Å². The molecule has 3 N–H and O–H groups in total. The number of guanidine groups is 1. The Labute approximate surface area is 203 Å². The van der Waals surface area contributed by atoms with E-state index in [1.165, 1.54) is 29.7 Å². The summed E-state index contributed by atoms with van der Waals surface area (Å²) in [7, 11) is 1.46. The van der Waals surface area contributed by atoms with Gasteiger partial charge in [0.2, 0.25) is 12.4 Å². The molecule has 0 aliphatic heterocycles. The van der Waals surface area contributed by atoms with Crippen LogP contribution in [0.3, 0.4) is 0 Å². The second-order valence-electron chi connectivity index (χ2n) is 8.19. The highest BCUT2D eigenvalue weighted by molar-refractivity contribution is 6.30. The first-order valence-electron chi connectivity index (χ1n) is 11.0. The van der Waals surface area contributed by atoms with Crippen molar-refractivity contribution in [2.75, 3.05) is 26.8 Å². The van der Waals surface area contributed by atoms with Crippen LogP contribution >= 0.6 is 11.6 Å². The van der Waals surface area contributed by atoms with Gasteiger partial charge < -0.3 is 19.8 Å². The summed E-state index contributed by atoms with van der Waals surface area (Å²) in [5.74, 6) is 1.37. The lowest BCUT2D eigenvalue weighted by Gasteiger charge is -2.24. The highest BCUT2D eigenvalue weighted by Gasteiger charge is 2.22. The molecule has 0 aromatic heterocycles. The standard InChI is InChI=1S/C24H29ClN4O5/c1-28(13-21(32)14-30)24(33)27-23(29(16-31)12-17-4-6-19(25)7-5-17)26-20-8-10-22(11-9-20)34-15-18-2-3-18/h4-11,16,18,21,30,32H,2-3,12-15H2,1H3,(H,26,27,33). The van der Waals surface area contributed by atoms with E-state index in [4.69, 9.17) is 21.4 Å². The third kappa shape index (κ3) is 8.02. The van der Waals surface area contributed by atoms with Gasteiger partial charge in [-0.1, -0.05) is 23.7 Å². The highest BCUT2D eigenvalue weighted by atomic mass is 35.5. The summed E-state index contributed by atoms with van der Waals surface area (Å²) >= 11 is 5.95. The molecule has 2 aromatic rings. The van der Waals surface area contributed by atoms with E-state index in [2.05, 4.69) is 10.3 Å². The van der Waals surface area contributed by atoms with Crippen molar-refractivity contribution in [3.63, 3.8) is 0 Å². The van der Waals surface area contributed by atoms with Crippen LogP contribution < -0.4 is 10.1 Å². The lowest BCUT2D eigenvalue weighted by molar-refractivity contribution is -0.115. The van der Waals surface area contributed by atoms with Gasteiger partial charge in [0.25, 0.3) is 0 Å². The molecule has 0 radical (unpaired) electrons. The summed E-state index contributed by atoms with van der Waals surface area (Å²) in [5.41, 5.74) is 1.29. The molecule has 0 bridgehead atoms. The SMILES string of the molecule is CN(CC(O)CO)C(=O)NC(=Nc1ccc(OCC2CC2)cc1)N(C=O)Cc1ccc(Cl)cc1. The Kier molecular flexibility index (Phi) is 9.26. The second-order valence-corrected chi connectivity index (χ2v) is 8.63. The Bertz CT molecular complexity index is 980. The number of likely N-dealkylation sites (N-methyl/N-ethyl adjacent to an activating group) is 1. The summed E-state index contributed by atoms with van der Waals surface area (Å²) in [6.45, 7) is 0.257. The van der Waals surface area contributed by atoms with Gasteiger partial charge in [-0.3, -0.25) is 15.0 Å². The van der Waals surface area contributed by atoms with Gasteiger partial charge in [0.1, 0.15) is 5.75 Å². The maximum Gasteiger partial charge on any atom is 0.324 e. The third-order valence-electron chi connectivity index (χ3n) is 5.18. The fourth-order valence-corrected chi connectivity index (χ4v) is 3.12. The van der Waals surface area contributed by atoms with Crippen molar-refractivity contribution in [2.45, 2.75) is 25.5 Å². The molecule has 1 aliphatic carbocycles. The van der Waals surface area contributed by atoms with Gasteiger partial charge in [-0.2, -0.15) is 0 Å². The molecule has 1 saturated carbocycles. The third-order valence-corrected chi connectivity index (χ3v) is 5.43. The zero-order valence-corrected chi connectivity index (χ0v) is 19.7. The van der Waals surface area contributed by atoms with Gasteiger partial charge >= 0.3 is 6.03 Å². The predicted molar refractivity (Wildman–Crippen MR) is 129 cm³/mol. The van der Waals surface area contributed by atoms with E-state index in [9.17, 15) is 14.7 Å². The van der Waals surface area contributed by atoms with E-state index in [1.807, 2.05) is 0 Å². The van der Waals surface area contributed by atoms with Crippen LogP contribution in [-0.4, -0.2) is 71.3 Å². The Morgan fingerprint density at radius 3 is 2.50 bits per heavy atom. The van der Waals surface area contributed by atoms with Crippen LogP contribution in [-0.2, 0) is 11.3 Å². The van der Waals surface area contributed by atoms with Gasteiger partial charge in [0, 0.05) is 12.1 Å². The molecular weight excluding hydrogens is 460 g/mol. The Morgan fingerprint density at radius 2 is 1.91 bits per heavy atom. The number of hydrogen-bond acceptors (Lipinski definition) is 6. The number of aliphatic imine (C=N–C) groups is 1. The van der Waals surface area contributed by atoms with Gasteiger partial charge in [0.15, 0.2) is 0 Å². The zero-order chi connectivity index (χ0) is 24.5. The van der Waals surface area contributed by atoms with Gasteiger partial charge in [0.05, 0.1) is 38.1 Å². The number of aliphatic hydroxyl groups excluding tert-OH is 2. The topological polar surface area (TPSA) is 115 Å². The Morgan fingerprint density at radius 1 is 1.24 bits per heavy atom. The molecule has 1 atom stereocenters. The molecule has 0 saturated heterocycles. The number of benzene rings is 2. The lowest BCUT2D eigenvalue weighted by Crippen LogP contribution is -2.49. The molecule has 3 rings (SSSR count). The second kappa shape index (κ2) is 12.4. The molecule has 3 amide bonds. The zero-order valence-electron chi connectivity index (χ0n) is 18.9. The van der Waals surface area contributed by atoms with Crippen LogP contribution in [0.25, 0.3) is 0 Å². The average molecular weight is 489 g/mol. The molecule has 0 heterocycles. The molecule has 34 heavy (non-hydrogen) atoms. The summed E-state index contributed by atoms with van der Waals surface area (Å²) in [4.78, 5) is 31.6. The molecule has 1 unspecified atom stereocenters. The summed E-state index contributed by atoms with van der Waals surface area (Å²) in [6, 6.07) is 13.4. The maximum atomic E-state index is 12.7. The lowest BCUT2D eigenvalue weighted by atomic mass is 10.2. The fourth-order valence-electron chi connectivity index (χ4n) is 3.00. The van der Waals surface area contributed by atoms with Crippen LogP contribution in [0.4, 0.5) is 10.5 Å². The first-order chi connectivity index (χ1) is 16.4. The number of ether oxygens (including phenoxy) is 1. The maximum absolute atomic E-state index is 12.7. The summed E-state index contributed by atoms with van der Waals surface area (Å²) in [6.07, 6.45) is 1.88. The van der Waals surface area contributed by atoms with E-state index in [1.54, 1.807) is 48.5 Å². The molecule has 10 heteroatoms. The monoisotopic (exact) mass is 488 g/mol. The first kappa shape index (κ1) is 25.5. The number of nitrogens with one attached hydrogen (secondary N) is 1. The molecule has 2 aromatic carbocycles. The van der Waals surface area contributed by atoms with E-state index in [-0.39, 0.29) is 19.0 Å². The average Bonchev–Trinajstić information content (AvgIpc) is 3.67. The van der Waals surface area contributed by atoms with Crippen LogP contribution in [0.2, 0.25) is 5.02 Å². The van der Waals surface area contributed by atoms with E-state index >= 15 is 0 Å². The highest BCUT2D eigenvalue weighted by Crippen LogP contribution is 2.30. The number of amides is 3. The van der Waals surface area contributed by atoms with E-state index < -0.39 is 18.7 Å². The van der Waals surface area contributed by atoms with Crippen LogP contribution in [0.1, 0.15) is 18.4 Å². The van der Waals surface area contributed by atoms with Gasteiger partial charge in [-0.25, -0.2) is 9.79 Å². The fraction of sp³-hybridized carbons (Fsp3) is 0.375. The smallest absolute Gasteiger partial charge is 0.324 e. The molecule has 1 fully saturated rings. The quantitative estimate of drug-likeness (QED) is 0.270. The molecule has 1 aliphatic rings. The van der Waals surface area contributed by atoms with E-state index in [0.29, 0.717) is 29.6 Å². The first-order valence-corrected chi connectivity index (χ1v) is 11.3. The van der Waals surface area contributed by atoms with E-state index in [0.717, 1.165) is 11.3 Å². The van der Waals surface area contributed by atoms with Crippen LogP contribution in [0.15, 0.2) is 53.5 Å². The van der Waals surface area contributed by atoms with Gasteiger partial charge in [-0.05, 0) is 60.7 Å². The van der Waals surface area contributed by atoms with Gasteiger partial charge in [-0.15, -0.1) is 0 Å². The number of hydrogen-bond donors (Lipinski definition) is 3. The van der Waals surface area contributed by atoms with Crippen LogP contribution in [0, 0.1) is 5.92 Å². The number of rotatable bonds is 10. The number of halogens is 1. The molecular formula is C24H29ClN4O5. The van der Waals surface area contributed by atoms with Crippen molar-refractivity contribution in [3.05, 3.63) is 59.1 Å². The minimum absolute atomic E-state index is 0.00642. The molecule has 9 nitrogen and oxygen atoms in total. The minimum atomic E-state index is -1.09. The summed E-state index contributed by atoms with van der Waals surface area (Å²) < 4.78 is 5.74. The number of carbonyl (C=O) groups is 2. The Hall–Kier alpha value is -3.14. The minimum Gasteiger partial charge on any atom is -0.493 e. The predicted octanol–water partition coefficient (Wildman–Crippen LogP) is 2.77. The van der Waals surface area contributed by atoms with Crippen molar-refractivity contribution in [1.29, 1.82) is 0 Å². The summed E-state index contributed by atoms with van der Waals surface area (Å²) in [5, 5.41) is 21.9. The van der Waals surface area contributed by atoms with Crippen molar-refractivity contribution in [2.24, 2.45) is 10.9 Å². The van der Waals surface area contributed by atoms with Crippen molar-refractivity contribution in [1.82, 2.24) is 15.1 Å². The van der Waals surface area contributed by atoms with Crippen molar-refractivity contribution >= 4 is 35.7 Å². The number of carbonyl (C=O) groups excluding carboxylic acids is 2. The normalized spacial score (nSPS) is 14.3. The largest absolute Gasteiger partial charge is 0.493 e. The van der Waals surface area contributed by atoms with Crippen LogP contribution in [0.5, 0.6) is 5.75 Å². The van der Waals surface area contributed by atoms with Crippen molar-refractivity contribution < 1.29 is 24.5 Å². The Balaban J connectivity index is 1.79. The number of nitrogens with zero attached hydrogens (tertiary/aromatic N) is 3. The number of urea groups is 1. The molecule has 0 spiro atoms. The number of aliphatic hydroxyl groups is 2.